The minimum atomic E-state index is -0.288. The number of urea groups is 1. The first-order valence-electron chi connectivity index (χ1n) is 5.64. The lowest BCUT2D eigenvalue weighted by molar-refractivity contribution is 0.171. The second-order valence-electron chi connectivity index (χ2n) is 4.46. The number of anilines is 1. The number of nitrogens with two attached hydrogens (primary N) is 1. The number of amides is 2. The van der Waals surface area contributed by atoms with E-state index in [-0.39, 0.29) is 12.1 Å². The van der Waals surface area contributed by atoms with E-state index in [1.54, 1.807) is 4.90 Å². The Labute approximate surface area is 94.6 Å². The van der Waals surface area contributed by atoms with Gasteiger partial charge in [0.15, 0.2) is 0 Å². The van der Waals surface area contributed by atoms with E-state index >= 15 is 0 Å². The van der Waals surface area contributed by atoms with Crippen molar-refractivity contribution in [3.8, 4) is 0 Å². The zero-order valence-electron chi connectivity index (χ0n) is 9.10. The monoisotopic (exact) mass is 217 g/mol. The lowest BCUT2D eigenvalue weighted by Gasteiger charge is -2.46. The van der Waals surface area contributed by atoms with E-state index in [0.29, 0.717) is 0 Å². The molecule has 0 radical (unpaired) electrons. The van der Waals surface area contributed by atoms with Crippen LogP contribution in [0.25, 0.3) is 0 Å². The Morgan fingerprint density at radius 1 is 1.31 bits per heavy atom. The van der Waals surface area contributed by atoms with E-state index in [0.717, 1.165) is 26.1 Å². The van der Waals surface area contributed by atoms with Gasteiger partial charge in [0.25, 0.3) is 0 Å². The average Bonchev–Trinajstić information content (AvgIpc) is 2.29. The van der Waals surface area contributed by atoms with Gasteiger partial charge >= 0.3 is 6.03 Å². The summed E-state index contributed by atoms with van der Waals surface area (Å²) < 4.78 is 0. The number of hydrogen-bond acceptors (Lipinski definition) is 2. The highest BCUT2D eigenvalue weighted by Crippen LogP contribution is 2.30. The SMILES string of the molecule is NC(=O)N1CCN2CC1Cc1ccccc12. The Morgan fingerprint density at radius 2 is 2.12 bits per heavy atom. The molecular weight excluding hydrogens is 202 g/mol. The van der Waals surface area contributed by atoms with Crippen molar-refractivity contribution in [1.82, 2.24) is 4.90 Å². The number of piperazine rings is 1. The Balaban J connectivity index is 1.95. The molecule has 2 heterocycles. The van der Waals surface area contributed by atoms with Gasteiger partial charge in [-0.3, -0.25) is 0 Å². The Kier molecular flexibility index (Phi) is 2.02. The molecular formula is C12H15N3O. The highest BCUT2D eigenvalue weighted by Gasteiger charge is 2.34. The summed E-state index contributed by atoms with van der Waals surface area (Å²) in [6, 6.07) is 8.38. The maximum absolute atomic E-state index is 11.3. The Bertz CT molecular complexity index is 432. The standard InChI is InChI=1S/C12H15N3O/c13-12(16)15-6-5-14-8-10(15)7-9-3-1-2-4-11(9)14/h1-4,10H,5-8H2,(H2,13,16). The third kappa shape index (κ3) is 1.33. The van der Waals surface area contributed by atoms with E-state index in [9.17, 15) is 4.79 Å². The van der Waals surface area contributed by atoms with E-state index < -0.39 is 0 Å². The molecule has 16 heavy (non-hydrogen) atoms. The molecule has 2 N–H and O–H groups in total. The third-order valence-electron chi connectivity index (χ3n) is 3.55. The number of para-hydroxylation sites is 1. The third-order valence-corrected chi connectivity index (χ3v) is 3.55. The minimum absolute atomic E-state index is 0.251. The number of carbonyl (C=O) groups excluding carboxylic acids is 1. The first-order chi connectivity index (χ1) is 7.75. The van der Waals surface area contributed by atoms with E-state index in [4.69, 9.17) is 5.73 Å². The van der Waals surface area contributed by atoms with Gasteiger partial charge in [-0.2, -0.15) is 0 Å². The fraction of sp³-hybridized carbons (Fsp3) is 0.417. The maximum Gasteiger partial charge on any atom is 0.315 e. The van der Waals surface area contributed by atoms with Gasteiger partial charge in [-0.15, -0.1) is 0 Å². The van der Waals surface area contributed by atoms with Gasteiger partial charge in [0.2, 0.25) is 0 Å². The largest absolute Gasteiger partial charge is 0.367 e. The molecule has 3 rings (SSSR count). The van der Waals surface area contributed by atoms with Gasteiger partial charge in [0, 0.05) is 25.3 Å². The summed E-state index contributed by atoms with van der Waals surface area (Å²) in [5.74, 6) is 0. The van der Waals surface area contributed by atoms with Crippen molar-refractivity contribution < 1.29 is 4.79 Å². The zero-order chi connectivity index (χ0) is 11.1. The maximum atomic E-state index is 11.3. The summed E-state index contributed by atoms with van der Waals surface area (Å²) >= 11 is 0. The first-order valence-corrected chi connectivity index (χ1v) is 5.64. The Hall–Kier alpha value is -1.71. The zero-order valence-corrected chi connectivity index (χ0v) is 9.10. The molecule has 0 saturated carbocycles. The number of hydrogen-bond donors (Lipinski definition) is 1. The highest BCUT2D eigenvalue weighted by molar-refractivity contribution is 5.73. The number of primary amides is 1. The van der Waals surface area contributed by atoms with Crippen molar-refractivity contribution in [3.05, 3.63) is 29.8 Å². The van der Waals surface area contributed by atoms with Crippen molar-refractivity contribution in [2.24, 2.45) is 5.73 Å². The van der Waals surface area contributed by atoms with E-state index in [1.807, 2.05) is 0 Å². The smallest absolute Gasteiger partial charge is 0.315 e. The van der Waals surface area contributed by atoms with Gasteiger partial charge in [0.1, 0.15) is 0 Å². The topological polar surface area (TPSA) is 49.6 Å². The quantitative estimate of drug-likeness (QED) is 0.699. The van der Waals surface area contributed by atoms with Crippen LogP contribution in [-0.4, -0.2) is 36.6 Å². The number of carbonyl (C=O) groups is 1. The number of nitrogens with zero attached hydrogens (tertiary/aromatic N) is 2. The lowest BCUT2D eigenvalue weighted by Crippen LogP contribution is -2.59. The molecule has 1 fully saturated rings. The fourth-order valence-electron chi connectivity index (χ4n) is 2.78. The van der Waals surface area contributed by atoms with Gasteiger partial charge < -0.3 is 15.5 Å². The van der Waals surface area contributed by atoms with Crippen LogP contribution in [0.15, 0.2) is 24.3 Å². The lowest BCUT2D eigenvalue weighted by atomic mass is 9.95. The predicted octanol–water partition coefficient (Wildman–Crippen LogP) is 0.812. The molecule has 1 saturated heterocycles. The molecule has 4 heteroatoms. The number of benzene rings is 1. The van der Waals surface area contributed by atoms with Crippen molar-refractivity contribution >= 4 is 11.7 Å². The van der Waals surface area contributed by atoms with Crippen LogP contribution < -0.4 is 10.6 Å². The summed E-state index contributed by atoms with van der Waals surface area (Å²) in [6.07, 6.45) is 0.926. The molecule has 2 aliphatic rings. The van der Waals surface area contributed by atoms with Crippen LogP contribution in [-0.2, 0) is 6.42 Å². The predicted molar refractivity (Wildman–Crippen MR) is 62.4 cm³/mol. The second kappa shape index (κ2) is 3.40. The first kappa shape index (κ1) is 9.51. The fourth-order valence-corrected chi connectivity index (χ4v) is 2.78. The van der Waals surface area contributed by atoms with E-state index in [1.165, 1.54) is 11.3 Å². The van der Waals surface area contributed by atoms with Crippen molar-refractivity contribution in [1.29, 1.82) is 0 Å². The number of fused-ring (bicyclic) bond motifs is 4. The summed E-state index contributed by atoms with van der Waals surface area (Å²) in [7, 11) is 0. The van der Waals surface area contributed by atoms with Crippen molar-refractivity contribution in [2.45, 2.75) is 12.5 Å². The summed E-state index contributed by atoms with van der Waals surface area (Å²) in [5.41, 5.74) is 8.04. The summed E-state index contributed by atoms with van der Waals surface area (Å²) in [4.78, 5) is 15.4. The molecule has 1 aromatic carbocycles. The summed E-state index contributed by atoms with van der Waals surface area (Å²) in [5, 5.41) is 0. The molecule has 1 unspecified atom stereocenters. The second-order valence-corrected chi connectivity index (χ2v) is 4.46. The normalized spacial score (nSPS) is 22.9. The molecule has 0 spiro atoms. The molecule has 1 aromatic rings. The average molecular weight is 217 g/mol. The number of rotatable bonds is 0. The minimum Gasteiger partial charge on any atom is -0.367 e. The molecule has 2 amide bonds. The van der Waals surface area contributed by atoms with Gasteiger partial charge in [-0.25, -0.2) is 4.79 Å². The van der Waals surface area contributed by atoms with Crippen LogP contribution in [0.3, 0.4) is 0 Å². The van der Waals surface area contributed by atoms with E-state index in [2.05, 4.69) is 29.2 Å². The molecule has 2 bridgehead atoms. The van der Waals surface area contributed by atoms with Crippen molar-refractivity contribution in [3.63, 3.8) is 0 Å². The van der Waals surface area contributed by atoms with Crippen LogP contribution in [0.5, 0.6) is 0 Å². The molecule has 2 aliphatic heterocycles. The van der Waals surface area contributed by atoms with Crippen LogP contribution >= 0.6 is 0 Å². The molecule has 4 nitrogen and oxygen atoms in total. The van der Waals surface area contributed by atoms with Gasteiger partial charge in [0.05, 0.1) is 6.04 Å². The van der Waals surface area contributed by atoms with Crippen LogP contribution in [0.2, 0.25) is 0 Å². The molecule has 1 atom stereocenters. The Morgan fingerprint density at radius 3 is 2.94 bits per heavy atom. The molecule has 84 valence electrons. The molecule has 0 aromatic heterocycles. The van der Waals surface area contributed by atoms with Crippen molar-refractivity contribution in [2.75, 3.05) is 24.5 Å². The summed E-state index contributed by atoms with van der Waals surface area (Å²) in [6.45, 7) is 2.55. The van der Waals surface area contributed by atoms with Gasteiger partial charge in [-0.05, 0) is 18.1 Å². The van der Waals surface area contributed by atoms with Gasteiger partial charge in [-0.1, -0.05) is 18.2 Å². The van der Waals surface area contributed by atoms with Crippen LogP contribution in [0, 0.1) is 0 Å². The molecule has 0 aliphatic carbocycles. The highest BCUT2D eigenvalue weighted by atomic mass is 16.2. The van der Waals surface area contributed by atoms with Crippen LogP contribution in [0.4, 0.5) is 10.5 Å². The van der Waals surface area contributed by atoms with Crippen LogP contribution in [0.1, 0.15) is 5.56 Å².